The van der Waals surface area contributed by atoms with Gasteiger partial charge in [-0.25, -0.2) is 9.97 Å². The van der Waals surface area contributed by atoms with Crippen molar-refractivity contribution in [1.29, 1.82) is 0 Å². The highest BCUT2D eigenvalue weighted by Crippen LogP contribution is 2.41. The summed E-state index contributed by atoms with van der Waals surface area (Å²) in [6.45, 7) is 5.74. The number of pyridine rings is 1. The smallest absolute Gasteiger partial charge is 0.291 e. The maximum absolute atomic E-state index is 13.5. The lowest BCUT2D eigenvalue weighted by Gasteiger charge is -2.28. The van der Waals surface area contributed by atoms with E-state index in [0.29, 0.717) is 82.7 Å². The van der Waals surface area contributed by atoms with Gasteiger partial charge in [0.05, 0.1) is 46.9 Å². The van der Waals surface area contributed by atoms with Gasteiger partial charge in [-0.15, -0.1) is 0 Å². The van der Waals surface area contributed by atoms with Crippen LogP contribution < -0.4 is 15.4 Å². The number of aliphatic hydroxyl groups is 1. The molecule has 2 aliphatic rings. The Bertz CT molecular complexity index is 1750. The molecule has 2 aliphatic heterocycles. The number of likely N-dealkylation sites (N-methyl/N-ethyl adjacent to an activating group) is 1. The number of amides is 1. The number of fused-ring (bicyclic) bond motifs is 1. The molecule has 0 spiro atoms. The number of nitrogens with zero attached hydrogens (tertiary/aromatic N) is 4. The number of aromatic nitrogens is 3. The number of hydrogen-bond acceptors (Lipinski definition) is 8. The largest absolute Gasteiger partial charge is 0.481 e. The molecule has 0 bridgehead atoms. The van der Waals surface area contributed by atoms with E-state index in [4.69, 9.17) is 42.6 Å². The van der Waals surface area contributed by atoms with Crippen molar-refractivity contribution in [3.8, 4) is 28.3 Å². The molecular weight excluding hydrogens is 627 g/mol. The van der Waals surface area contributed by atoms with E-state index in [1.165, 1.54) is 0 Å². The van der Waals surface area contributed by atoms with Gasteiger partial charge in [0, 0.05) is 73.2 Å². The molecule has 1 fully saturated rings. The minimum atomic E-state index is -0.556. The number of benzene rings is 2. The lowest BCUT2D eigenvalue weighted by Crippen LogP contribution is -2.46. The van der Waals surface area contributed by atoms with E-state index in [-0.39, 0.29) is 11.9 Å². The SMILES string of the molecule is CCn1c(C(=O)Nc2cccc(-c3cccc(-c4ccc(CN[C@@H]5CCOC[C@H]5O)c(OC)n4)c3Cl)c2Cl)nc2c1CCN(C)C2. The molecule has 0 saturated carbocycles. The molecule has 0 radical (unpaired) electrons. The van der Waals surface area contributed by atoms with Crippen molar-refractivity contribution in [2.24, 2.45) is 0 Å². The summed E-state index contributed by atoms with van der Waals surface area (Å²) in [6, 6.07) is 15.0. The van der Waals surface area contributed by atoms with Crippen molar-refractivity contribution >= 4 is 34.8 Å². The van der Waals surface area contributed by atoms with Gasteiger partial charge in [-0.05, 0) is 32.5 Å². The molecule has 6 rings (SSSR count). The molecule has 10 nitrogen and oxygen atoms in total. The van der Waals surface area contributed by atoms with Crippen LogP contribution in [0.3, 0.4) is 0 Å². The molecule has 1 amide bonds. The van der Waals surface area contributed by atoms with Crippen molar-refractivity contribution in [2.75, 3.05) is 39.2 Å². The van der Waals surface area contributed by atoms with Crippen LogP contribution in [-0.4, -0.2) is 76.5 Å². The number of halogens is 2. The van der Waals surface area contributed by atoms with Gasteiger partial charge >= 0.3 is 0 Å². The normalized spacial score (nSPS) is 18.3. The highest BCUT2D eigenvalue weighted by molar-refractivity contribution is 6.39. The van der Waals surface area contributed by atoms with Crippen molar-refractivity contribution in [3.05, 3.63) is 81.4 Å². The zero-order valence-corrected chi connectivity index (χ0v) is 27.7. The van der Waals surface area contributed by atoms with Crippen LogP contribution in [0.1, 0.15) is 40.9 Å². The zero-order valence-electron chi connectivity index (χ0n) is 26.1. The van der Waals surface area contributed by atoms with Crippen LogP contribution in [0.4, 0.5) is 5.69 Å². The first-order chi connectivity index (χ1) is 22.3. The predicted octanol–water partition coefficient (Wildman–Crippen LogP) is 5.43. The van der Waals surface area contributed by atoms with Crippen molar-refractivity contribution in [1.82, 2.24) is 24.8 Å². The number of anilines is 1. The molecule has 2 aromatic heterocycles. The molecule has 0 unspecified atom stereocenters. The molecule has 4 heterocycles. The Kier molecular flexibility index (Phi) is 9.93. The molecule has 4 aromatic rings. The second-order valence-electron chi connectivity index (χ2n) is 11.6. The van der Waals surface area contributed by atoms with Crippen LogP contribution in [0.15, 0.2) is 48.5 Å². The lowest BCUT2D eigenvalue weighted by molar-refractivity contribution is -0.0281. The third-order valence-corrected chi connectivity index (χ3v) is 9.46. The molecule has 242 valence electrons. The number of carbonyl (C=O) groups excluding carboxylic acids is 1. The third-order valence-electron chi connectivity index (χ3n) is 8.65. The van der Waals surface area contributed by atoms with Crippen LogP contribution >= 0.6 is 23.2 Å². The fourth-order valence-corrected chi connectivity index (χ4v) is 6.77. The summed E-state index contributed by atoms with van der Waals surface area (Å²) in [5.41, 5.74) is 6.11. The minimum Gasteiger partial charge on any atom is -0.481 e. The Morgan fingerprint density at radius 2 is 1.85 bits per heavy atom. The van der Waals surface area contributed by atoms with E-state index in [0.717, 1.165) is 36.3 Å². The fourth-order valence-electron chi connectivity index (χ4n) is 6.17. The number of nitrogens with one attached hydrogen (secondary N) is 2. The summed E-state index contributed by atoms with van der Waals surface area (Å²) < 4.78 is 13.0. The molecule has 2 atom stereocenters. The summed E-state index contributed by atoms with van der Waals surface area (Å²) in [5.74, 6) is 0.538. The standard InChI is InChI=1S/C34H38Cl2N6O4/c1-4-42-28-13-15-41(2)18-27(28)38-32(42)33(44)39-26-10-6-8-22(31(26)36)21-7-5-9-23(30(21)35)24-12-11-20(34(40-24)45-3)17-37-25-14-16-46-19-29(25)43/h5-12,25,29,37,43H,4,13-19H2,1-3H3,(H,39,44)/t25-,29-/m1/s1. The monoisotopic (exact) mass is 664 g/mol. The Hall–Kier alpha value is -3.51. The van der Waals surface area contributed by atoms with Crippen LogP contribution in [-0.2, 0) is 30.8 Å². The average Bonchev–Trinajstić information content (AvgIpc) is 3.43. The Morgan fingerprint density at radius 3 is 2.61 bits per heavy atom. The number of aliphatic hydroxyl groups excluding tert-OH is 1. The second kappa shape index (κ2) is 14.1. The van der Waals surface area contributed by atoms with E-state index >= 15 is 0 Å². The van der Waals surface area contributed by atoms with Crippen LogP contribution in [0.2, 0.25) is 10.0 Å². The molecule has 0 aliphatic carbocycles. The maximum Gasteiger partial charge on any atom is 0.291 e. The quantitative estimate of drug-likeness (QED) is 0.217. The zero-order chi connectivity index (χ0) is 32.4. The second-order valence-corrected chi connectivity index (χ2v) is 12.4. The van der Waals surface area contributed by atoms with E-state index in [2.05, 4.69) is 22.6 Å². The van der Waals surface area contributed by atoms with Crippen molar-refractivity contribution < 1.29 is 19.4 Å². The molecule has 12 heteroatoms. The van der Waals surface area contributed by atoms with E-state index in [1.807, 2.05) is 54.0 Å². The summed E-state index contributed by atoms with van der Waals surface area (Å²) in [4.78, 5) is 25.2. The van der Waals surface area contributed by atoms with Gasteiger partial charge in [-0.2, -0.15) is 0 Å². The Labute approximate surface area is 278 Å². The molecule has 2 aromatic carbocycles. The number of imidazole rings is 1. The first kappa shape index (κ1) is 32.4. The van der Waals surface area contributed by atoms with Crippen molar-refractivity contribution in [3.63, 3.8) is 0 Å². The topological polar surface area (TPSA) is 114 Å². The van der Waals surface area contributed by atoms with Gasteiger partial charge in [0.15, 0.2) is 5.82 Å². The highest BCUT2D eigenvalue weighted by atomic mass is 35.5. The van der Waals surface area contributed by atoms with Crippen LogP contribution in [0.5, 0.6) is 5.88 Å². The van der Waals surface area contributed by atoms with Gasteiger partial charge in [-0.1, -0.05) is 59.6 Å². The van der Waals surface area contributed by atoms with Crippen LogP contribution in [0.25, 0.3) is 22.4 Å². The van der Waals surface area contributed by atoms with Gasteiger partial charge < -0.3 is 34.7 Å². The number of methoxy groups -OCH3 is 1. The van der Waals surface area contributed by atoms with E-state index in [1.54, 1.807) is 13.2 Å². The molecule has 3 N–H and O–H groups in total. The average molecular weight is 666 g/mol. The minimum absolute atomic E-state index is 0.0599. The van der Waals surface area contributed by atoms with Crippen LogP contribution in [0, 0.1) is 0 Å². The number of hydrogen-bond donors (Lipinski definition) is 3. The number of carbonyl (C=O) groups is 1. The predicted molar refractivity (Wildman–Crippen MR) is 180 cm³/mol. The summed E-state index contributed by atoms with van der Waals surface area (Å²) >= 11 is 14.0. The Balaban J connectivity index is 1.25. The summed E-state index contributed by atoms with van der Waals surface area (Å²) in [7, 11) is 3.64. The first-order valence-corrected chi connectivity index (χ1v) is 16.2. The van der Waals surface area contributed by atoms with E-state index < -0.39 is 6.10 Å². The molecular formula is C34H38Cl2N6O4. The maximum atomic E-state index is 13.5. The number of ether oxygens (including phenoxy) is 2. The first-order valence-electron chi connectivity index (χ1n) is 15.5. The van der Waals surface area contributed by atoms with Gasteiger partial charge in [0.1, 0.15) is 0 Å². The van der Waals surface area contributed by atoms with Gasteiger partial charge in [0.25, 0.3) is 5.91 Å². The number of rotatable bonds is 9. The molecule has 46 heavy (non-hydrogen) atoms. The summed E-state index contributed by atoms with van der Waals surface area (Å²) in [5, 5.41) is 17.4. The lowest BCUT2D eigenvalue weighted by atomic mass is 10.00. The fraction of sp³-hybridized carbons (Fsp3) is 0.382. The molecule has 1 saturated heterocycles. The van der Waals surface area contributed by atoms with E-state index in [9.17, 15) is 9.90 Å². The van der Waals surface area contributed by atoms with Gasteiger partial charge in [0.2, 0.25) is 5.88 Å². The summed E-state index contributed by atoms with van der Waals surface area (Å²) in [6.07, 6.45) is 1.03. The van der Waals surface area contributed by atoms with Gasteiger partial charge in [-0.3, -0.25) is 4.79 Å². The third kappa shape index (κ3) is 6.51. The highest BCUT2D eigenvalue weighted by Gasteiger charge is 2.26. The van der Waals surface area contributed by atoms with Crippen molar-refractivity contribution in [2.45, 2.75) is 51.5 Å². The Morgan fingerprint density at radius 1 is 1.09 bits per heavy atom.